The predicted octanol–water partition coefficient (Wildman–Crippen LogP) is 4.01. The molecular weight excluding hydrogens is 510 g/mol. The Morgan fingerprint density at radius 3 is 1.97 bits per heavy atom. The van der Waals surface area contributed by atoms with Gasteiger partial charge < -0.3 is 18.9 Å². The van der Waals surface area contributed by atoms with Crippen LogP contribution in [0.5, 0.6) is 11.5 Å². The Labute approximate surface area is 224 Å². The Morgan fingerprint density at radius 2 is 1.49 bits per heavy atom. The fourth-order valence-electron chi connectivity index (χ4n) is 4.46. The second-order valence-electron chi connectivity index (χ2n) is 10.00. The average Bonchev–Trinajstić information content (AvgIpc) is 3.82. The summed E-state index contributed by atoms with van der Waals surface area (Å²) in [5.74, 6) is -0.347. The van der Waals surface area contributed by atoms with Crippen molar-refractivity contribution in [1.29, 1.82) is 0 Å². The lowest BCUT2D eigenvalue weighted by atomic mass is 9.95. The first kappa shape index (κ1) is 27.7. The molecule has 11 heteroatoms. The van der Waals surface area contributed by atoms with Gasteiger partial charge in [0.1, 0.15) is 5.75 Å². The number of carbonyl (C=O) groups excluding carboxylic acids is 4. The summed E-state index contributed by atoms with van der Waals surface area (Å²) in [6, 6.07) is 6.05. The summed E-state index contributed by atoms with van der Waals surface area (Å²) in [5.41, 5.74) is 0.823. The summed E-state index contributed by atoms with van der Waals surface area (Å²) in [6.45, 7) is 4.86. The molecule has 0 saturated heterocycles. The van der Waals surface area contributed by atoms with Crippen molar-refractivity contribution >= 4 is 29.2 Å². The molecule has 0 N–H and O–H groups in total. The molecule has 206 valence electrons. The van der Waals surface area contributed by atoms with Gasteiger partial charge in [-0.05, 0) is 75.8 Å². The van der Waals surface area contributed by atoms with Crippen LogP contribution in [-0.2, 0) is 25.5 Å². The zero-order valence-electron chi connectivity index (χ0n) is 22.4. The molecule has 2 fully saturated rings. The fraction of sp³-hybridized carbons (Fsp3) is 0.429. The lowest BCUT2D eigenvalue weighted by Gasteiger charge is -2.25. The molecule has 2 aromatic rings. The largest absolute Gasteiger partial charge is 0.479 e. The van der Waals surface area contributed by atoms with E-state index in [1.54, 1.807) is 13.0 Å². The summed E-state index contributed by atoms with van der Waals surface area (Å²) < 4.78 is 20.7. The third-order valence-corrected chi connectivity index (χ3v) is 7.24. The zero-order chi connectivity index (χ0) is 28.7. The number of esters is 2. The summed E-state index contributed by atoms with van der Waals surface area (Å²) in [7, 11) is 2.55. The molecule has 5 rings (SSSR count). The summed E-state index contributed by atoms with van der Waals surface area (Å²) in [6.07, 6.45) is 3.04. The van der Waals surface area contributed by atoms with Crippen molar-refractivity contribution in [3.8, 4) is 11.5 Å². The van der Waals surface area contributed by atoms with Gasteiger partial charge in [-0.3, -0.25) is 19.7 Å². The number of hydrogen-bond donors (Lipinski definition) is 0. The Hall–Kier alpha value is -4.28. The standard InChI is InChI=1S/C14H15NO6.C14H14O4/c1-8-6-12(21-14(4-5-14)9(2)16)11(15(18)19)7-10(8)13(17)20-3;1-8-5-11-9(6-10(8)13(16)17-2)7-12(15)14(18-11)3-4-14/h6-7H,4-5H2,1-3H3;5-6H,3-4,7H2,1-2H3. The van der Waals surface area contributed by atoms with Gasteiger partial charge in [0.05, 0.1) is 30.3 Å². The van der Waals surface area contributed by atoms with E-state index in [2.05, 4.69) is 4.74 Å². The SMILES string of the molecule is COC(=O)c1cc([N+](=O)[O-])c(OC2(C(C)=O)CC2)cc1C.COC(=O)c1cc2c(cc1C)OC1(CC1)C(=O)C2. The molecule has 0 atom stereocenters. The van der Waals surface area contributed by atoms with Gasteiger partial charge in [-0.2, -0.15) is 0 Å². The Bertz CT molecular complexity index is 1400. The number of nitrogens with zero attached hydrogens (tertiary/aromatic N) is 1. The van der Waals surface area contributed by atoms with Crippen LogP contribution in [0.4, 0.5) is 5.69 Å². The molecule has 0 aromatic heterocycles. The molecule has 1 aliphatic heterocycles. The van der Waals surface area contributed by atoms with E-state index in [0.717, 1.165) is 35.8 Å². The normalized spacial score (nSPS) is 17.0. The zero-order valence-corrected chi connectivity index (χ0v) is 22.4. The number of methoxy groups -OCH3 is 2. The molecular formula is C28H29NO10. The van der Waals surface area contributed by atoms with Crippen LogP contribution in [0, 0.1) is 24.0 Å². The average molecular weight is 540 g/mol. The molecule has 2 saturated carbocycles. The highest BCUT2D eigenvalue weighted by Gasteiger charge is 2.54. The molecule has 0 bridgehead atoms. The van der Waals surface area contributed by atoms with Crippen LogP contribution in [0.25, 0.3) is 0 Å². The smallest absolute Gasteiger partial charge is 0.338 e. The first-order valence-corrected chi connectivity index (χ1v) is 12.4. The van der Waals surface area contributed by atoms with E-state index in [9.17, 15) is 29.3 Å². The number of nitro groups is 1. The second-order valence-corrected chi connectivity index (χ2v) is 10.00. The maximum Gasteiger partial charge on any atom is 0.338 e. The van der Waals surface area contributed by atoms with Gasteiger partial charge in [-0.25, -0.2) is 9.59 Å². The number of ketones is 2. The van der Waals surface area contributed by atoms with E-state index in [-0.39, 0.29) is 34.5 Å². The minimum absolute atomic E-state index is 0.00199. The lowest BCUT2D eigenvalue weighted by molar-refractivity contribution is -0.386. The van der Waals surface area contributed by atoms with Gasteiger partial charge in [0.2, 0.25) is 0 Å². The van der Waals surface area contributed by atoms with Crippen LogP contribution in [0.2, 0.25) is 0 Å². The van der Waals surface area contributed by atoms with Gasteiger partial charge in [-0.1, -0.05) is 0 Å². The van der Waals surface area contributed by atoms with E-state index in [1.165, 1.54) is 27.2 Å². The van der Waals surface area contributed by atoms with Gasteiger partial charge in [0, 0.05) is 18.1 Å². The minimum atomic E-state index is -0.954. The predicted molar refractivity (Wildman–Crippen MR) is 136 cm³/mol. The molecule has 0 unspecified atom stereocenters. The summed E-state index contributed by atoms with van der Waals surface area (Å²) in [4.78, 5) is 57.2. The number of carbonyl (C=O) groups is 4. The molecule has 3 aliphatic rings. The van der Waals surface area contributed by atoms with Crippen LogP contribution in [-0.4, -0.2) is 53.9 Å². The number of nitro benzene ring substituents is 1. The second kappa shape index (κ2) is 10.1. The molecule has 1 spiro atoms. The highest BCUT2D eigenvalue weighted by atomic mass is 16.6. The monoisotopic (exact) mass is 539 g/mol. The van der Waals surface area contributed by atoms with Crippen molar-refractivity contribution in [2.24, 2.45) is 0 Å². The highest BCUT2D eigenvalue weighted by Crippen LogP contribution is 2.47. The van der Waals surface area contributed by atoms with E-state index in [1.807, 2.05) is 13.0 Å². The van der Waals surface area contributed by atoms with Gasteiger partial charge >= 0.3 is 17.6 Å². The fourth-order valence-corrected chi connectivity index (χ4v) is 4.46. The molecule has 2 aromatic carbocycles. The van der Waals surface area contributed by atoms with Crippen LogP contribution in [0.15, 0.2) is 24.3 Å². The van der Waals surface area contributed by atoms with E-state index >= 15 is 0 Å². The third-order valence-electron chi connectivity index (χ3n) is 7.24. The number of hydrogen-bond acceptors (Lipinski definition) is 10. The summed E-state index contributed by atoms with van der Waals surface area (Å²) in [5, 5.41) is 11.2. The summed E-state index contributed by atoms with van der Waals surface area (Å²) >= 11 is 0. The van der Waals surface area contributed by atoms with E-state index in [4.69, 9.17) is 14.2 Å². The van der Waals surface area contributed by atoms with Crippen molar-refractivity contribution in [2.45, 2.75) is 64.1 Å². The molecule has 1 heterocycles. The van der Waals surface area contributed by atoms with E-state index in [0.29, 0.717) is 30.4 Å². The quantitative estimate of drug-likeness (QED) is 0.299. The van der Waals surface area contributed by atoms with Gasteiger partial charge in [0.15, 0.2) is 28.5 Å². The molecule has 0 amide bonds. The maximum absolute atomic E-state index is 11.9. The van der Waals surface area contributed by atoms with Crippen molar-refractivity contribution in [2.75, 3.05) is 14.2 Å². The number of fused-ring (bicyclic) bond motifs is 1. The van der Waals surface area contributed by atoms with Crippen molar-refractivity contribution in [3.05, 3.63) is 62.2 Å². The third kappa shape index (κ3) is 5.34. The highest BCUT2D eigenvalue weighted by molar-refractivity contribution is 5.96. The Kier molecular flexibility index (Phi) is 7.20. The van der Waals surface area contributed by atoms with Gasteiger partial charge in [-0.15, -0.1) is 0 Å². The van der Waals surface area contributed by atoms with Crippen LogP contribution in [0.3, 0.4) is 0 Å². The lowest BCUT2D eigenvalue weighted by Crippen LogP contribution is -2.35. The molecule has 39 heavy (non-hydrogen) atoms. The van der Waals surface area contributed by atoms with E-state index < -0.39 is 22.1 Å². The van der Waals surface area contributed by atoms with Crippen LogP contribution in [0.1, 0.15) is 70.0 Å². The van der Waals surface area contributed by atoms with Crippen molar-refractivity contribution in [1.82, 2.24) is 0 Å². The van der Waals surface area contributed by atoms with Crippen molar-refractivity contribution < 1.29 is 43.0 Å². The molecule has 0 radical (unpaired) electrons. The van der Waals surface area contributed by atoms with Crippen molar-refractivity contribution in [3.63, 3.8) is 0 Å². The number of rotatable bonds is 6. The minimum Gasteiger partial charge on any atom is -0.479 e. The Balaban J connectivity index is 0.000000183. The molecule has 2 aliphatic carbocycles. The number of benzene rings is 2. The Morgan fingerprint density at radius 1 is 0.923 bits per heavy atom. The first-order valence-electron chi connectivity index (χ1n) is 12.4. The van der Waals surface area contributed by atoms with Crippen LogP contribution < -0.4 is 9.47 Å². The van der Waals surface area contributed by atoms with Gasteiger partial charge in [0.25, 0.3) is 0 Å². The molecule has 11 nitrogen and oxygen atoms in total. The number of Topliss-reactive ketones (excluding diaryl/α,β-unsaturated/α-hetero) is 2. The van der Waals surface area contributed by atoms with Crippen LogP contribution >= 0.6 is 0 Å². The first-order chi connectivity index (χ1) is 18.4. The maximum atomic E-state index is 11.9. The number of ether oxygens (including phenoxy) is 4. The topological polar surface area (TPSA) is 148 Å². The number of aryl methyl sites for hydroxylation is 2.